The van der Waals surface area contributed by atoms with Crippen molar-refractivity contribution in [1.29, 1.82) is 0 Å². The van der Waals surface area contributed by atoms with E-state index in [1.165, 1.54) is 17.9 Å². The van der Waals surface area contributed by atoms with Gasteiger partial charge in [-0.1, -0.05) is 6.92 Å². The standard InChI is InChI=1S/C17H22F2N2O2/c1-3-13-6-4-5-9-20(13)17(23)11-21(12(2)22)14-7-8-15(18)16(19)10-14/h7-8,10,13H,3-6,9,11H2,1-2H3. The van der Waals surface area contributed by atoms with Gasteiger partial charge >= 0.3 is 0 Å². The van der Waals surface area contributed by atoms with Crippen molar-refractivity contribution in [3.8, 4) is 0 Å². The predicted molar refractivity (Wildman–Crippen MR) is 84.0 cm³/mol. The molecule has 1 aliphatic rings. The number of benzene rings is 1. The van der Waals surface area contributed by atoms with E-state index < -0.39 is 11.6 Å². The fourth-order valence-corrected chi connectivity index (χ4v) is 3.02. The molecule has 0 bridgehead atoms. The predicted octanol–water partition coefficient (Wildman–Crippen LogP) is 3.11. The van der Waals surface area contributed by atoms with Gasteiger partial charge < -0.3 is 9.80 Å². The Labute approximate surface area is 135 Å². The van der Waals surface area contributed by atoms with Gasteiger partial charge in [-0.3, -0.25) is 9.59 Å². The van der Waals surface area contributed by atoms with Crippen molar-refractivity contribution in [3.05, 3.63) is 29.8 Å². The molecular formula is C17H22F2N2O2. The quantitative estimate of drug-likeness (QED) is 0.854. The van der Waals surface area contributed by atoms with Crippen molar-refractivity contribution in [2.24, 2.45) is 0 Å². The van der Waals surface area contributed by atoms with Crippen LogP contribution in [0.1, 0.15) is 39.5 Å². The van der Waals surface area contributed by atoms with E-state index in [-0.39, 0.29) is 30.1 Å². The van der Waals surface area contributed by atoms with Gasteiger partial charge in [0.25, 0.3) is 0 Å². The minimum Gasteiger partial charge on any atom is -0.338 e. The van der Waals surface area contributed by atoms with Gasteiger partial charge in [0.15, 0.2) is 11.6 Å². The van der Waals surface area contributed by atoms with E-state index in [0.29, 0.717) is 6.54 Å². The summed E-state index contributed by atoms with van der Waals surface area (Å²) in [5.74, 6) is -2.55. The molecule has 23 heavy (non-hydrogen) atoms. The monoisotopic (exact) mass is 324 g/mol. The van der Waals surface area contributed by atoms with E-state index in [0.717, 1.165) is 37.8 Å². The molecule has 0 radical (unpaired) electrons. The molecule has 1 fully saturated rings. The molecule has 1 heterocycles. The van der Waals surface area contributed by atoms with Gasteiger partial charge in [-0.25, -0.2) is 8.78 Å². The molecule has 0 aliphatic carbocycles. The summed E-state index contributed by atoms with van der Waals surface area (Å²) >= 11 is 0. The number of halogens is 2. The Hall–Kier alpha value is -1.98. The number of likely N-dealkylation sites (tertiary alicyclic amines) is 1. The Morgan fingerprint density at radius 3 is 2.61 bits per heavy atom. The van der Waals surface area contributed by atoms with Crippen molar-refractivity contribution in [3.63, 3.8) is 0 Å². The van der Waals surface area contributed by atoms with Gasteiger partial charge in [0.1, 0.15) is 6.54 Å². The lowest BCUT2D eigenvalue weighted by Crippen LogP contribution is -2.48. The Morgan fingerprint density at radius 2 is 2.00 bits per heavy atom. The molecule has 0 saturated carbocycles. The van der Waals surface area contributed by atoms with Crippen LogP contribution in [0.15, 0.2) is 18.2 Å². The summed E-state index contributed by atoms with van der Waals surface area (Å²) in [6.45, 7) is 3.87. The van der Waals surface area contributed by atoms with Crippen LogP contribution in [0.2, 0.25) is 0 Å². The average molecular weight is 324 g/mol. The van der Waals surface area contributed by atoms with Gasteiger partial charge in [-0.15, -0.1) is 0 Å². The van der Waals surface area contributed by atoms with E-state index in [9.17, 15) is 18.4 Å². The number of hydrogen-bond donors (Lipinski definition) is 0. The third kappa shape index (κ3) is 4.06. The molecule has 4 nitrogen and oxygen atoms in total. The maximum Gasteiger partial charge on any atom is 0.242 e. The normalized spacial score (nSPS) is 17.9. The van der Waals surface area contributed by atoms with E-state index in [4.69, 9.17) is 0 Å². The first-order chi connectivity index (χ1) is 10.9. The van der Waals surface area contributed by atoms with Gasteiger partial charge in [0.2, 0.25) is 11.8 Å². The van der Waals surface area contributed by atoms with Crippen LogP contribution in [0.3, 0.4) is 0 Å². The molecule has 1 atom stereocenters. The molecular weight excluding hydrogens is 302 g/mol. The van der Waals surface area contributed by atoms with Crippen LogP contribution in [-0.2, 0) is 9.59 Å². The Kier molecular flexibility index (Phi) is 5.69. The topological polar surface area (TPSA) is 40.6 Å². The van der Waals surface area contributed by atoms with Crippen LogP contribution in [0.25, 0.3) is 0 Å². The minimum absolute atomic E-state index is 0.156. The van der Waals surface area contributed by atoms with Gasteiger partial charge in [-0.05, 0) is 37.8 Å². The second-order valence-electron chi connectivity index (χ2n) is 5.85. The van der Waals surface area contributed by atoms with Crippen LogP contribution in [0.4, 0.5) is 14.5 Å². The molecule has 0 N–H and O–H groups in total. The Bertz CT molecular complexity index is 592. The zero-order chi connectivity index (χ0) is 17.0. The molecule has 1 aromatic rings. The largest absolute Gasteiger partial charge is 0.338 e. The average Bonchev–Trinajstić information content (AvgIpc) is 2.54. The van der Waals surface area contributed by atoms with Crippen LogP contribution < -0.4 is 4.90 Å². The number of carbonyl (C=O) groups excluding carboxylic acids is 2. The van der Waals surface area contributed by atoms with Crippen LogP contribution in [-0.4, -0.2) is 35.8 Å². The summed E-state index contributed by atoms with van der Waals surface area (Å²) in [6, 6.07) is 3.40. The number of nitrogens with zero attached hydrogens (tertiary/aromatic N) is 2. The SMILES string of the molecule is CCC1CCCCN1C(=O)CN(C(C)=O)c1ccc(F)c(F)c1. The summed E-state index contributed by atoms with van der Waals surface area (Å²) in [4.78, 5) is 27.4. The second-order valence-corrected chi connectivity index (χ2v) is 5.85. The molecule has 0 aromatic heterocycles. The number of hydrogen-bond acceptors (Lipinski definition) is 2. The minimum atomic E-state index is -1.04. The number of anilines is 1. The molecule has 0 spiro atoms. The molecule has 1 saturated heterocycles. The van der Waals surface area contributed by atoms with E-state index >= 15 is 0 Å². The van der Waals surface area contributed by atoms with Gasteiger partial charge in [-0.2, -0.15) is 0 Å². The van der Waals surface area contributed by atoms with Gasteiger partial charge in [0, 0.05) is 31.3 Å². The van der Waals surface area contributed by atoms with Crippen molar-refractivity contribution in [2.45, 2.75) is 45.6 Å². The number of piperidine rings is 1. The number of carbonyl (C=O) groups is 2. The highest BCUT2D eigenvalue weighted by molar-refractivity contribution is 5.97. The maximum atomic E-state index is 13.4. The summed E-state index contributed by atoms with van der Waals surface area (Å²) in [5.41, 5.74) is 0.190. The molecule has 126 valence electrons. The first-order valence-electron chi connectivity index (χ1n) is 7.96. The van der Waals surface area contributed by atoms with E-state index in [2.05, 4.69) is 0 Å². The van der Waals surface area contributed by atoms with Crippen molar-refractivity contribution in [1.82, 2.24) is 4.90 Å². The van der Waals surface area contributed by atoms with Crippen molar-refractivity contribution >= 4 is 17.5 Å². The summed E-state index contributed by atoms with van der Waals surface area (Å²) in [6.07, 6.45) is 3.89. The molecule has 2 amide bonds. The molecule has 1 aliphatic heterocycles. The first-order valence-corrected chi connectivity index (χ1v) is 7.96. The molecule has 6 heteroatoms. The van der Waals surface area contributed by atoms with Gasteiger partial charge in [0.05, 0.1) is 0 Å². The first kappa shape index (κ1) is 17.4. The zero-order valence-electron chi connectivity index (χ0n) is 13.5. The van der Waals surface area contributed by atoms with Crippen LogP contribution >= 0.6 is 0 Å². The third-order valence-electron chi connectivity index (χ3n) is 4.31. The summed E-state index contributed by atoms with van der Waals surface area (Å²) in [5, 5.41) is 0. The highest BCUT2D eigenvalue weighted by Gasteiger charge is 2.27. The summed E-state index contributed by atoms with van der Waals surface area (Å²) < 4.78 is 26.5. The Morgan fingerprint density at radius 1 is 1.26 bits per heavy atom. The fourth-order valence-electron chi connectivity index (χ4n) is 3.02. The lowest BCUT2D eigenvalue weighted by atomic mass is 10.00. The maximum absolute atomic E-state index is 13.4. The smallest absolute Gasteiger partial charge is 0.242 e. The molecule has 2 rings (SSSR count). The second kappa shape index (κ2) is 7.53. The van der Waals surface area contributed by atoms with Crippen LogP contribution in [0, 0.1) is 11.6 Å². The zero-order valence-corrected chi connectivity index (χ0v) is 13.5. The lowest BCUT2D eigenvalue weighted by Gasteiger charge is -2.36. The number of rotatable bonds is 4. The Balaban J connectivity index is 2.17. The highest BCUT2D eigenvalue weighted by Crippen LogP contribution is 2.22. The third-order valence-corrected chi connectivity index (χ3v) is 4.31. The van der Waals surface area contributed by atoms with Crippen molar-refractivity contribution < 1.29 is 18.4 Å². The molecule has 1 aromatic carbocycles. The lowest BCUT2D eigenvalue weighted by molar-refractivity contribution is -0.134. The molecule has 1 unspecified atom stereocenters. The fraction of sp³-hybridized carbons (Fsp3) is 0.529. The van der Waals surface area contributed by atoms with E-state index in [1.807, 2.05) is 6.92 Å². The van der Waals surface area contributed by atoms with E-state index in [1.54, 1.807) is 4.90 Å². The number of amides is 2. The van der Waals surface area contributed by atoms with Crippen molar-refractivity contribution in [2.75, 3.05) is 18.0 Å². The summed E-state index contributed by atoms with van der Waals surface area (Å²) in [7, 11) is 0. The highest BCUT2D eigenvalue weighted by atomic mass is 19.2. The van der Waals surface area contributed by atoms with Crippen LogP contribution in [0.5, 0.6) is 0 Å².